The first-order valence-electron chi connectivity index (χ1n) is 6.31. The van der Waals surface area contributed by atoms with Crippen LogP contribution in [0.3, 0.4) is 0 Å². The van der Waals surface area contributed by atoms with E-state index in [0.29, 0.717) is 16.3 Å². The number of rotatable bonds is 3. The lowest BCUT2D eigenvalue weighted by molar-refractivity contribution is 0.246. The van der Waals surface area contributed by atoms with Gasteiger partial charge in [-0.15, -0.1) is 0 Å². The van der Waals surface area contributed by atoms with E-state index in [4.69, 9.17) is 23.3 Å². The number of carbonyl (C=O) groups is 1. The molecule has 0 radical (unpaired) electrons. The van der Waals surface area contributed by atoms with E-state index >= 15 is 0 Å². The molecular formula is C15H14BrClN4O. The number of hydrogen-bond donors (Lipinski definition) is 3. The SMILES string of the molecule is NNC(=O)N(N)c1cccc(Cl)c1/C=C/c1ccccc1Br. The van der Waals surface area contributed by atoms with E-state index in [-0.39, 0.29) is 0 Å². The normalized spacial score (nSPS) is 10.7. The van der Waals surface area contributed by atoms with Crippen LogP contribution in [0.1, 0.15) is 11.1 Å². The van der Waals surface area contributed by atoms with E-state index < -0.39 is 6.03 Å². The average molecular weight is 382 g/mol. The molecule has 0 heterocycles. The minimum Gasteiger partial charge on any atom is -0.274 e. The highest BCUT2D eigenvalue weighted by Gasteiger charge is 2.14. The van der Waals surface area contributed by atoms with Crippen LogP contribution in [0.2, 0.25) is 5.02 Å². The fraction of sp³-hybridized carbons (Fsp3) is 0. The molecule has 2 amide bonds. The van der Waals surface area contributed by atoms with Crippen LogP contribution in [0, 0.1) is 0 Å². The monoisotopic (exact) mass is 380 g/mol. The predicted molar refractivity (Wildman–Crippen MR) is 93.9 cm³/mol. The van der Waals surface area contributed by atoms with Crippen molar-refractivity contribution >= 4 is 51.4 Å². The molecule has 0 spiro atoms. The van der Waals surface area contributed by atoms with Crippen molar-refractivity contribution in [3.63, 3.8) is 0 Å². The van der Waals surface area contributed by atoms with Crippen LogP contribution in [0.15, 0.2) is 46.9 Å². The molecular weight excluding hydrogens is 368 g/mol. The Bertz CT molecular complexity index is 720. The fourth-order valence-electron chi connectivity index (χ4n) is 1.86. The highest BCUT2D eigenvalue weighted by molar-refractivity contribution is 9.10. The molecule has 114 valence electrons. The molecule has 0 aliphatic carbocycles. The minimum absolute atomic E-state index is 0.443. The largest absolute Gasteiger partial charge is 0.350 e. The van der Waals surface area contributed by atoms with Crippen molar-refractivity contribution in [2.24, 2.45) is 11.7 Å². The minimum atomic E-state index is -0.641. The second kappa shape index (κ2) is 7.42. The molecule has 5 nitrogen and oxygen atoms in total. The van der Waals surface area contributed by atoms with Gasteiger partial charge in [0.25, 0.3) is 0 Å². The fourth-order valence-corrected chi connectivity index (χ4v) is 2.51. The first-order chi connectivity index (χ1) is 10.5. The summed E-state index contributed by atoms with van der Waals surface area (Å²) in [6.07, 6.45) is 3.67. The summed E-state index contributed by atoms with van der Waals surface area (Å²) >= 11 is 9.69. The van der Waals surface area contributed by atoms with Crippen LogP contribution in [-0.4, -0.2) is 6.03 Å². The lowest BCUT2D eigenvalue weighted by Crippen LogP contribution is -2.47. The summed E-state index contributed by atoms with van der Waals surface area (Å²) in [7, 11) is 0. The molecule has 0 aromatic heterocycles. The summed E-state index contributed by atoms with van der Waals surface area (Å²) in [6, 6.07) is 12.2. The zero-order valence-electron chi connectivity index (χ0n) is 11.5. The molecule has 5 N–H and O–H groups in total. The van der Waals surface area contributed by atoms with Crippen LogP contribution in [0.25, 0.3) is 12.2 Å². The molecule has 0 fully saturated rings. The van der Waals surface area contributed by atoms with E-state index in [2.05, 4.69) is 15.9 Å². The Kier molecular flexibility index (Phi) is 5.57. The van der Waals surface area contributed by atoms with Gasteiger partial charge in [-0.2, -0.15) is 0 Å². The Morgan fingerprint density at radius 2 is 1.91 bits per heavy atom. The number of hydrogen-bond acceptors (Lipinski definition) is 3. The average Bonchev–Trinajstić information content (AvgIpc) is 2.53. The van der Waals surface area contributed by atoms with Crippen LogP contribution in [-0.2, 0) is 0 Å². The van der Waals surface area contributed by atoms with Crippen molar-refractivity contribution < 1.29 is 4.79 Å². The molecule has 0 aliphatic rings. The van der Waals surface area contributed by atoms with Crippen LogP contribution >= 0.6 is 27.5 Å². The van der Waals surface area contributed by atoms with E-state index in [1.54, 1.807) is 24.3 Å². The molecule has 2 rings (SSSR count). The quantitative estimate of drug-likeness (QED) is 0.329. The number of amides is 2. The van der Waals surface area contributed by atoms with Gasteiger partial charge in [-0.05, 0) is 23.8 Å². The number of carbonyl (C=O) groups excluding carboxylic acids is 1. The molecule has 7 heteroatoms. The van der Waals surface area contributed by atoms with Gasteiger partial charge in [-0.3, -0.25) is 5.43 Å². The van der Waals surface area contributed by atoms with Gasteiger partial charge in [0.2, 0.25) is 0 Å². The first kappa shape index (κ1) is 16.5. The topological polar surface area (TPSA) is 84.4 Å². The molecule has 0 saturated heterocycles. The number of benzene rings is 2. The summed E-state index contributed by atoms with van der Waals surface area (Å²) in [4.78, 5) is 11.6. The second-order valence-electron chi connectivity index (χ2n) is 4.35. The zero-order valence-corrected chi connectivity index (χ0v) is 13.8. The maximum atomic E-state index is 11.6. The number of halogens is 2. The molecule has 0 atom stereocenters. The maximum absolute atomic E-state index is 11.6. The van der Waals surface area contributed by atoms with E-state index in [9.17, 15) is 4.79 Å². The van der Waals surface area contributed by atoms with Gasteiger partial charge < -0.3 is 0 Å². The van der Waals surface area contributed by atoms with Crippen molar-refractivity contribution in [2.45, 2.75) is 0 Å². The Morgan fingerprint density at radius 1 is 1.18 bits per heavy atom. The Morgan fingerprint density at radius 3 is 2.59 bits per heavy atom. The maximum Gasteiger partial charge on any atom is 0.350 e. The number of urea groups is 1. The van der Waals surface area contributed by atoms with Crippen molar-refractivity contribution in [2.75, 3.05) is 5.01 Å². The Labute approximate surface area is 141 Å². The van der Waals surface area contributed by atoms with E-state index in [0.717, 1.165) is 15.0 Å². The summed E-state index contributed by atoms with van der Waals surface area (Å²) in [5, 5.41) is 1.38. The summed E-state index contributed by atoms with van der Waals surface area (Å²) in [5.41, 5.74) is 4.01. The van der Waals surface area contributed by atoms with Gasteiger partial charge in [0.15, 0.2) is 0 Å². The van der Waals surface area contributed by atoms with Crippen LogP contribution < -0.4 is 22.1 Å². The van der Waals surface area contributed by atoms with Crippen LogP contribution in [0.5, 0.6) is 0 Å². The number of anilines is 1. The molecule has 0 bridgehead atoms. The first-order valence-corrected chi connectivity index (χ1v) is 7.48. The summed E-state index contributed by atoms with van der Waals surface area (Å²) < 4.78 is 0.948. The number of nitrogens with one attached hydrogen (secondary N) is 1. The van der Waals surface area contributed by atoms with Crippen molar-refractivity contribution in [3.05, 3.63) is 63.1 Å². The molecule has 22 heavy (non-hydrogen) atoms. The molecule has 0 unspecified atom stereocenters. The van der Waals surface area contributed by atoms with Gasteiger partial charge in [0.05, 0.1) is 5.69 Å². The molecule has 0 saturated carbocycles. The molecule has 0 aliphatic heterocycles. The number of nitrogens with zero attached hydrogens (tertiary/aromatic N) is 1. The lowest BCUT2D eigenvalue weighted by Gasteiger charge is -2.18. The summed E-state index contributed by atoms with van der Waals surface area (Å²) in [6.45, 7) is 0. The third kappa shape index (κ3) is 3.66. The zero-order chi connectivity index (χ0) is 16.1. The van der Waals surface area contributed by atoms with Gasteiger partial charge >= 0.3 is 6.03 Å². The van der Waals surface area contributed by atoms with Crippen molar-refractivity contribution in [1.29, 1.82) is 0 Å². The number of hydrazine groups is 2. The van der Waals surface area contributed by atoms with Gasteiger partial charge in [0.1, 0.15) is 0 Å². The molecule has 2 aromatic rings. The van der Waals surface area contributed by atoms with E-state index in [1.165, 1.54) is 0 Å². The van der Waals surface area contributed by atoms with Crippen molar-refractivity contribution in [1.82, 2.24) is 5.43 Å². The summed E-state index contributed by atoms with van der Waals surface area (Å²) in [5.74, 6) is 10.9. The number of nitrogens with two attached hydrogens (primary N) is 2. The third-order valence-electron chi connectivity index (χ3n) is 2.97. The lowest BCUT2D eigenvalue weighted by atomic mass is 10.1. The smallest absolute Gasteiger partial charge is 0.274 e. The Hall–Kier alpha value is -1.86. The van der Waals surface area contributed by atoms with Gasteiger partial charge in [-0.25, -0.2) is 21.5 Å². The van der Waals surface area contributed by atoms with Crippen LogP contribution in [0.4, 0.5) is 10.5 Å². The molecule has 2 aromatic carbocycles. The van der Waals surface area contributed by atoms with Crippen molar-refractivity contribution in [3.8, 4) is 0 Å². The predicted octanol–water partition coefficient (Wildman–Crippen LogP) is 3.54. The third-order valence-corrected chi connectivity index (χ3v) is 4.02. The van der Waals surface area contributed by atoms with E-state index in [1.807, 2.05) is 35.8 Å². The second-order valence-corrected chi connectivity index (χ2v) is 5.61. The highest BCUT2D eigenvalue weighted by atomic mass is 79.9. The van der Waals surface area contributed by atoms with Gasteiger partial charge in [0, 0.05) is 15.1 Å². The van der Waals surface area contributed by atoms with Gasteiger partial charge in [-0.1, -0.05) is 63.9 Å². The highest BCUT2D eigenvalue weighted by Crippen LogP contribution is 2.29. The standard InChI is InChI=1S/C15H14BrClN4O/c16-12-5-2-1-4-10(12)8-9-11-13(17)6-3-7-14(11)21(19)15(22)20-18/h1-9H,18-19H2,(H,20,22)/b9-8+. The Balaban J connectivity index is 2.43.